The van der Waals surface area contributed by atoms with Crippen molar-refractivity contribution in [1.82, 2.24) is 0 Å². The highest BCUT2D eigenvalue weighted by molar-refractivity contribution is 7.93. The second-order valence-corrected chi connectivity index (χ2v) is 4.98. The van der Waals surface area contributed by atoms with E-state index in [9.17, 15) is 9.00 Å². The molecule has 1 amide bonds. The Morgan fingerprint density at radius 1 is 1.31 bits per heavy atom. The Labute approximate surface area is 78.0 Å². The minimum absolute atomic E-state index is 0.406. The lowest BCUT2D eigenvalue weighted by Crippen LogP contribution is -2.00. The highest BCUT2D eigenvalue weighted by Gasteiger charge is 2.05. The monoisotopic (exact) mass is 197 g/mol. The molecule has 0 spiro atoms. The van der Waals surface area contributed by atoms with Crippen LogP contribution in [0.1, 0.15) is 6.92 Å². The van der Waals surface area contributed by atoms with E-state index in [0.29, 0.717) is 4.90 Å². The molecular formula is C9H11NO2S. The average Bonchev–Trinajstić information content (AvgIpc) is 2.04. The van der Waals surface area contributed by atoms with Crippen molar-refractivity contribution in [2.24, 2.45) is 4.36 Å². The molecule has 13 heavy (non-hydrogen) atoms. The first-order chi connectivity index (χ1) is 6.02. The maximum absolute atomic E-state index is 11.8. The standard InChI is InChI=1S/C9H11NO2S/c1-8(11)10-13(2,12)9-6-4-3-5-7-9/h3-7H,1-2H3. The molecule has 0 aliphatic heterocycles. The Kier molecular flexibility index (Phi) is 2.83. The molecule has 3 nitrogen and oxygen atoms in total. The number of carbonyl (C=O) groups is 1. The molecule has 70 valence electrons. The summed E-state index contributed by atoms with van der Waals surface area (Å²) in [6, 6.07) is 8.78. The van der Waals surface area contributed by atoms with Gasteiger partial charge in [0.15, 0.2) is 0 Å². The van der Waals surface area contributed by atoms with E-state index < -0.39 is 15.6 Å². The number of benzene rings is 1. The minimum Gasteiger partial charge on any atom is -0.272 e. The van der Waals surface area contributed by atoms with E-state index in [4.69, 9.17) is 0 Å². The van der Waals surface area contributed by atoms with Crippen LogP contribution in [0.3, 0.4) is 0 Å². The van der Waals surface area contributed by atoms with E-state index in [1.165, 1.54) is 13.2 Å². The first-order valence-corrected chi connectivity index (χ1v) is 5.72. The van der Waals surface area contributed by atoms with Gasteiger partial charge in [0.1, 0.15) is 0 Å². The summed E-state index contributed by atoms with van der Waals surface area (Å²) in [5.74, 6) is -0.406. The fraction of sp³-hybridized carbons (Fsp3) is 0.222. The fourth-order valence-electron chi connectivity index (χ4n) is 0.971. The van der Waals surface area contributed by atoms with E-state index in [0.717, 1.165) is 0 Å². The molecule has 0 saturated carbocycles. The Balaban J connectivity index is 3.24. The Hall–Kier alpha value is -1.16. The SMILES string of the molecule is CC(=O)N=S(C)(=O)c1ccccc1. The number of carbonyl (C=O) groups excluding carboxylic acids is 1. The smallest absolute Gasteiger partial charge is 0.250 e. The minimum atomic E-state index is -2.53. The lowest BCUT2D eigenvalue weighted by atomic mass is 10.4. The van der Waals surface area contributed by atoms with Gasteiger partial charge < -0.3 is 0 Å². The van der Waals surface area contributed by atoms with E-state index in [-0.39, 0.29) is 0 Å². The molecule has 1 unspecified atom stereocenters. The summed E-state index contributed by atoms with van der Waals surface area (Å²) >= 11 is 0. The van der Waals surface area contributed by atoms with Crippen LogP contribution >= 0.6 is 0 Å². The third-order valence-electron chi connectivity index (χ3n) is 1.48. The zero-order valence-electron chi connectivity index (χ0n) is 7.56. The topological polar surface area (TPSA) is 46.5 Å². The summed E-state index contributed by atoms with van der Waals surface area (Å²) in [5, 5.41) is 0. The molecule has 0 aliphatic carbocycles. The predicted molar refractivity (Wildman–Crippen MR) is 51.9 cm³/mol. The lowest BCUT2D eigenvalue weighted by molar-refractivity contribution is -0.115. The molecule has 0 N–H and O–H groups in total. The number of nitrogens with zero attached hydrogens (tertiary/aromatic N) is 1. The van der Waals surface area contributed by atoms with Crippen molar-refractivity contribution in [2.75, 3.05) is 6.26 Å². The quantitative estimate of drug-likeness (QED) is 0.687. The van der Waals surface area contributed by atoms with Gasteiger partial charge in [0.25, 0.3) is 5.91 Å². The van der Waals surface area contributed by atoms with E-state index >= 15 is 0 Å². The van der Waals surface area contributed by atoms with Crippen molar-refractivity contribution in [3.05, 3.63) is 30.3 Å². The van der Waals surface area contributed by atoms with Crippen molar-refractivity contribution in [3.63, 3.8) is 0 Å². The van der Waals surface area contributed by atoms with Gasteiger partial charge in [0.2, 0.25) is 0 Å². The second kappa shape index (κ2) is 3.70. The number of hydrogen-bond acceptors (Lipinski definition) is 2. The van der Waals surface area contributed by atoms with Gasteiger partial charge in [-0.25, -0.2) is 4.21 Å². The van der Waals surface area contributed by atoms with Crippen LogP contribution in [-0.2, 0) is 14.5 Å². The summed E-state index contributed by atoms with van der Waals surface area (Å²) in [4.78, 5) is 11.3. The van der Waals surface area contributed by atoms with Crippen LogP contribution in [0.5, 0.6) is 0 Å². The molecular weight excluding hydrogens is 186 g/mol. The molecule has 0 heterocycles. The second-order valence-electron chi connectivity index (χ2n) is 2.73. The molecule has 1 atom stereocenters. The van der Waals surface area contributed by atoms with Gasteiger partial charge in [0.05, 0.1) is 9.73 Å². The Morgan fingerprint density at radius 3 is 2.31 bits per heavy atom. The zero-order valence-corrected chi connectivity index (χ0v) is 8.38. The van der Waals surface area contributed by atoms with Gasteiger partial charge >= 0.3 is 0 Å². The van der Waals surface area contributed by atoms with Crippen LogP contribution in [0.2, 0.25) is 0 Å². The van der Waals surface area contributed by atoms with Gasteiger partial charge in [-0.15, -0.1) is 0 Å². The van der Waals surface area contributed by atoms with Crippen molar-refractivity contribution in [1.29, 1.82) is 0 Å². The van der Waals surface area contributed by atoms with E-state index in [1.54, 1.807) is 24.3 Å². The maximum atomic E-state index is 11.8. The molecule has 1 aromatic rings. The summed E-state index contributed by atoms with van der Waals surface area (Å²) < 4.78 is 15.4. The summed E-state index contributed by atoms with van der Waals surface area (Å²) in [6.45, 7) is 1.30. The van der Waals surface area contributed by atoms with Crippen molar-refractivity contribution in [2.45, 2.75) is 11.8 Å². The van der Waals surface area contributed by atoms with E-state index in [2.05, 4.69) is 4.36 Å². The molecule has 1 rings (SSSR count). The molecule has 0 bridgehead atoms. The third kappa shape index (κ3) is 2.66. The number of hydrogen-bond donors (Lipinski definition) is 0. The highest BCUT2D eigenvalue weighted by atomic mass is 32.2. The van der Waals surface area contributed by atoms with Gasteiger partial charge in [0, 0.05) is 18.1 Å². The highest BCUT2D eigenvalue weighted by Crippen LogP contribution is 2.10. The molecule has 0 saturated heterocycles. The summed E-state index contributed by atoms with van der Waals surface area (Å²) in [7, 11) is -2.53. The number of amides is 1. The Morgan fingerprint density at radius 2 is 1.85 bits per heavy atom. The lowest BCUT2D eigenvalue weighted by Gasteiger charge is -2.01. The fourth-order valence-corrected chi connectivity index (χ4v) is 2.23. The summed E-state index contributed by atoms with van der Waals surface area (Å²) in [6.07, 6.45) is 1.46. The largest absolute Gasteiger partial charge is 0.272 e. The van der Waals surface area contributed by atoms with Crippen molar-refractivity contribution >= 4 is 15.6 Å². The summed E-state index contributed by atoms with van der Waals surface area (Å²) in [5.41, 5.74) is 0. The average molecular weight is 197 g/mol. The predicted octanol–water partition coefficient (Wildman–Crippen LogP) is 1.69. The van der Waals surface area contributed by atoms with Crippen LogP contribution in [-0.4, -0.2) is 16.4 Å². The normalized spacial score (nSPS) is 14.6. The van der Waals surface area contributed by atoms with Crippen LogP contribution in [0, 0.1) is 0 Å². The zero-order chi connectivity index (χ0) is 9.90. The van der Waals surface area contributed by atoms with Gasteiger partial charge in [-0.2, -0.15) is 4.36 Å². The van der Waals surface area contributed by atoms with Crippen LogP contribution in [0.4, 0.5) is 0 Å². The molecule has 0 radical (unpaired) electrons. The van der Waals surface area contributed by atoms with Crippen LogP contribution < -0.4 is 0 Å². The first-order valence-electron chi connectivity index (χ1n) is 3.80. The van der Waals surface area contributed by atoms with Crippen LogP contribution in [0.25, 0.3) is 0 Å². The van der Waals surface area contributed by atoms with Gasteiger partial charge in [-0.3, -0.25) is 4.79 Å². The van der Waals surface area contributed by atoms with Gasteiger partial charge in [-0.1, -0.05) is 18.2 Å². The number of rotatable bonds is 1. The molecule has 4 heteroatoms. The van der Waals surface area contributed by atoms with Gasteiger partial charge in [-0.05, 0) is 12.1 Å². The molecule has 1 aromatic carbocycles. The van der Waals surface area contributed by atoms with E-state index in [1.807, 2.05) is 6.07 Å². The van der Waals surface area contributed by atoms with Crippen molar-refractivity contribution in [3.8, 4) is 0 Å². The molecule has 0 aliphatic rings. The molecule has 0 aromatic heterocycles. The van der Waals surface area contributed by atoms with Crippen molar-refractivity contribution < 1.29 is 9.00 Å². The Bertz CT molecular complexity index is 417. The first kappa shape index (κ1) is 9.92. The maximum Gasteiger partial charge on any atom is 0.250 e. The third-order valence-corrected chi connectivity index (χ3v) is 3.24. The van der Waals surface area contributed by atoms with Crippen LogP contribution in [0.15, 0.2) is 39.6 Å². The molecule has 0 fully saturated rings.